The number of phosphoric acid groups is 3. The van der Waals surface area contributed by atoms with Crippen LogP contribution in [0.4, 0.5) is 0 Å². The van der Waals surface area contributed by atoms with Gasteiger partial charge in [0.05, 0.1) is 39.6 Å². The molecule has 0 fully saturated rings. The summed E-state index contributed by atoms with van der Waals surface area (Å²) < 4.78 is 41.5. The van der Waals surface area contributed by atoms with Crippen molar-refractivity contribution < 1.29 is 87.3 Å². The smallest absolute Gasteiger partial charge is 0.394 e. The maximum absolute atomic E-state index is 10.0. The summed E-state index contributed by atoms with van der Waals surface area (Å²) in [4.78, 5) is 48.5. The molecular formula is C9H27O18P3. The van der Waals surface area contributed by atoms with E-state index in [0.717, 1.165) is 0 Å². The van der Waals surface area contributed by atoms with Crippen LogP contribution in [0.15, 0.2) is 0 Å². The normalized spacial score (nSPS) is 14.3. The Balaban J connectivity index is -0.000000364. The first-order valence-corrected chi connectivity index (χ1v) is 11.9. The Morgan fingerprint density at radius 2 is 0.867 bits per heavy atom. The summed E-state index contributed by atoms with van der Waals surface area (Å²) in [7, 11) is -13.6. The van der Waals surface area contributed by atoms with Gasteiger partial charge in [0.25, 0.3) is 0 Å². The molecule has 0 spiro atoms. The quantitative estimate of drug-likeness (QED) is 0.108. The summed E-state index contributed by atoms with van der Waals surface area (Å²) in [6.45, 7) is -3.55. The SMILES string of the molecule is O=P(O)(O)OC(CO)CO.O=P(O)(O)OC[C@@H](O)CO.O=P(O)(O)OC[C@H](O)CO. The minimum Gasteiger partial charge on any atom is -0.394 e. The fraction of sp³-hybridized carbons (Fsp3) is 1.00. The first kappa shape index (κ1) is 34.7. The Kier molecular flexibility index (Phi) is 20.4. The van der Waals surface area contributed by atoms with Crippen LogP contribution in [0.3, 0.4) is 0 Å². The van der Waals surface area contributed by atoms with Gasteiger partial charge in [-0.1, -0.05) is 0 Å². The fourth-order valence-corrected chi connectivity index (χ4v) is 2.04. The summed E-state index contributed by atoms with van der Waals surface area (Å²) >= 11 is 0. The maximum Gasteiger partial charge on any atom is 0.470 e. The van der Waals surface area contributed by atoms with E-state index in [0.29, 0.717) is 0 Å². The summed E-state index contributed by atoms with van der Waals surface area (Å²) in [6, 6.07) is 0. The maximum atomic E-state index is 10.0. The molecule has 0 saturated carbocycles. The molecule has 0 aromatic rings. The van der Waals surface area contributed by atoms with Gasteiger partial charge < -0.3 is 60.0 Å². The highest BCUT2D eigenvalue weighted by Crippen LogP contribution is 2.37. The zero-order valence-electron chi connectivity index (χ0n) is 15.1. The van der Waals surface area contributed by atoms with E-state index in [1.165, 1.54) is 0 Å². The number of phosphoric ester groups is 3. The lowest BCUT2D eigenvalue weighted by Gasteiger charge is -2.11. The molecule has 0 aliphatic heterocycles. The van der Waals surface area contributed by atoms with Crippen molar-refractivity contribution >= 4 is 23.5 Å². The standard InChI is InChI=1S/3C3H9O6P/c2*4-1-3(5)2-9-10(6,7)8;4-1-3(2-5)9-10(6,7)8/h3*3-5H,1-2H2,(H2,6,7,8)/t2*3-;/m10./s1. The lowest BCUT2D eigenvalue weighted by molar-refractivity contribution is 0.0391. The van der Waals surface area contributed by atoms with Crippen molar-refractivity contribution in [2.45, 2.75) is 18.3 Å². The van der Waals surface area contributed by atoms with Crippen molar-refractivity contribution in [3.8, 4) is 0 Å². The topological polar surface area (TPSA) is 322 Å². The molecule has 0 radical (unpaired) electrons. The van der Waals surface area contributed by atoms with E-state index in [2.05, 4.69) is 13.6 Å². The minimum absolute atomic E-state index is 0.569. The molecule has 12 N–H and O–H groups in total. The highest BCUT2D eigenvalue weighted by Gasteiger charge is 2.20. The first-order chi connectivity index (χ1) is 13.4. The van der Waals surface area contributed by atoms with E-state index in [-0.39, 0.29) is 0 Å². The van der Waals surface area contributed by atoms with E-state index in [1.807, 2.05) is 0 Å². The molecule has 0 unspecified atom stereocenters. The molecule has 0 aromatic heterocycles. The van der Waals surface area contributed by atoms with Crippen molar-refractivity contribution in [2.75, 3.05) is 39.6 Å². The van der Waals surface area contributed by atoms with Crippen LogP contribution in [0.5, 0.6) is 0 Å². The Morgan fingerprint density at radius 1 is 0.567 bits per heavy atom. The number of hydrogen-bond acceptors (Lipinski definition) is 12. The monoisotopic (exact) mass is 516 g/mol. The van der Waals surface area contributed by atoms with Crippen LogP contribution >= 0.6 is 23.5 Å². The molecule has 0 aromatic carbocycles. The van der Waals surface area contributed by atoms with Crippen LogP contribution in [-0.4, -0.2) is 118 Å². The van der Waals surface area contributed by atoms with Crippen molar-refractivity contribution in [1.82, 2.24) is 0 Å². The van der Waals surface area contributed by atoms with E-state index in [9.17, 15) is 13.7 Å². The largest absolute Gasteiger partial charge is 0.470 e. The van der Waals surface area contributed by atoms with Gasteiger partial charge in [0.15, 0.2) is 0 Å². The van der Waals surface area contributed by atoms with Gasteiger partial charge in [-0.3, -0.25) is 13.6 Å². The van der Waals surface area contributed by atoms with Gasteiger partial charge in [-0.2, -0.15) is 0 Å². The Bertz CT molecular complexity index is 503. The van der Waals surface area contributed by atoms with Crippen molar-refractivity contribution in [1.29, 1.82) is 0 Å². The van der Waals surface area contributed by atoms with E-state index < -0.39 is 81.4 Å². The van der Waals surface area contributed by atoms with Crippen molar-refractivity contribution in [3.05, 3.63) is 0 Å². The Hall–Kier alpha value is 0.0900. The van der Waals surface area contributed by atoms with Crippen molar-refractivity contribution in [3.63, 3.8) is 0 Å². The lowest BCUT2D eigenvalue weighted by atomic mass is 10.4. The van der Waals surface area contributed by atoms with Gasteiger partial charge in [0.1, 0.15) is 18.3 Å². The number of aliphatic hydroxyl groups excluding tert-OH is 6. The Morgan fingerprint density at radius 3 is 1.00 bits per heavy atom. The van der Waals surface area contributed by atoms with Crippen LogP contribution in [-0.2, 0) is 27.3 Å². The second-order valence-electron chi connectivity index (χ2n) is 4.83. The molecule has 21 heteroatoms. The van der Waals surface area contributed by atoms with Gasteiger partial charge in [0.2, 0.25) is 0 Å². The van der Waals surface area contributed by atoms with E-state index >= 15 is 0 Å². The third kappa shape index (κ3) is 32.7. The van der Waals surface area contributed by atoms with Gasteiger partial charge in [-0.05, 0) is 0 Å². The van der Waals surface area contributed by atoms with Crippen LogP contribution in [0.1, 0.15) is 0 Å². The predicted molar refractivity (Wildman–Crippen MR) is 93.3 cm³/mol. The molecule has 0 aliphatic rings. The van der Waals surface area contributed by atoms with Crippen LogP contribution < -0.4 is 0 Å². The number of aliphatic hydroxyl groups is 6. The number of rotatable bonds is 12. The average Bonchev–Trinajstić information content (AvgIpc) is 2.61. The van der Waals surface area contributed by atoms with Gasteiger partial charge >= 0.3 is 23.5 Å². The molecular weight excluding hydrogens is 489 g/mol. The van der Waals surface area contributed by atoms with Crippen molar-refractivity contribution in [2.24, 2.45) is 0 Å². The van der Waals surface area contributed by atoms with Crippen LogP contribution in [0.25, 0.3) is 0 Å². The molecule has 0 saturated heterocycles. The third-order valence-electron chi connectivity index (χ3n) is 1.99. The summed E-state index contributed by atoms with van der Waals surface area (Å²) in [5, 5.41) is 49.8. The fourth-order valence-electron chi connectivity index (χ4n) is 0.790. The molecule has 2 atom stereocenters. The lowest BCUT2D eigenvalue weighted by Crippen LogP contribution is -2.20. The second kappa shape index (κ2) is 17.6. The molecule has 0 heterocycles. The minimum atomic E-state index is -4.57. The average molecular weight is 516 g/mol. The van der Waals surface area contributed by atoms with Gasteiger partial charge in [-0.25, -0.2) is 13.7 Å². The second-order valence-corrected chi connectivity index (χ2v) is 8.50. The third-order valence-corrected chi connectivity index (χ3v) is 3.53. The van der Waals surface area contributed by atoms with Gasteiger partial charge in [-0.15, -0.1) is 0 Å². The zero-order chi connectivity index (χ0) is 24.6. The molecule has 0 rings (SSSR count). The number of hydrogen-bond donors (Lipinski definition) is 12. The van der Waals surface area contributed by atoms with Crippen LogP contribution in [0.2, 0.25) is 0 Å². The van der Waals surface area contributed by atoms with E-state index in [1.54, 1.807) is 0 Å². The predicted octanol–water partition coefficient (Wildman–Crippen LogP) is -4.65. The van der Waals surface area contributed by atoms with Gasteiger partial charge in [0, 0.05) is 0 Å². The zero-order valence-corrected chi connectivity index (χ0v) is 17.8. The highest BCUT2D eigenvalue weighted by atomic mass is 31.2. The molecule has 0 bridgehead atoms. The summed E-state index contributed by atoms with van der Waals surface area (Å²) in [6.07, 6.45) is -3.69. The summed E-state index contributed by atoms with van der Waals surface area (Å²) in [5.74, 6) is 0. The highest BCUT2D eigenvalue weighted by molar-refractivity contribution is 7.46. The Labute approximate surface area is 169 Å². The van der Waals surface area contributed by atoms with E-state index in [4.69, 9.17) is 60.0 Å². The molecule has 0 amide bonds. The molecule has 186 valence electrons. The molecule has 18 nitrogen and oxygen atoms in total. The summed E-state index contributed by atoms with van der Waals surface area (Å²) in [5.41, 5.74) is 0. The molecule has 0 aliphatic carbocycles. The molecule has 30 heavy (non-hydrogen) atoms. The first-order valence-electron chi connectivity index (χ1n) is 7.34. The van der Waals surface area contributed by atoms with Crippen LogP contribution in [0, 0.1) is 0 Å².